The average Bonchev–Trinajstić information content (AvgIpc) is 3.10. The normalized spacial score (nSPS) is 10.9. The molecule has 0 bridgehead atoms. The van der Waals surface area contributed by atoms with E-state index >= 15 is 0 Å². The second kappa shape index (κ2) is 6.08. The Morgan fingerprint density at radius 3 is 2.54 bits per heavy atom. The van der Waals surface area contributed by atoms with Crippen LogP contribution in [0.25, 0.3) is 16.8 Å². The Hall–Kier alpha value is -3.28. The summed E-state index contributed by atoms with van der Waals surface area (Å²) in [5, 5.41) is 15.2. The minimum atomic E-state index is -0.256. The van der Waals surface area contributed by atoms with E-state index in [1.54, 1.807) is 16.6 Å². The minimum Gasteiger partial charge on any atom is -0.381 e. The summed E-state index contributed by atoms with van der Waals surface area (Å²) in [7, 11) is 0. The molecule has 0 aliphatic rings. The third kappa shape index (κ3) is 2.81. The van der Waals surface area contributed by atoms with Crippen LogP contribution in [-0.2, 0) is 6.54 Å². The largest absolute Gasteiger partial charge is 0.381 e. The summed E-state index contributed by atoms with van der Waals surface area (Å²) in [6.07, 6.45) is 1.84. The molecule has 24 heavy (non-hydrogen) atoms. The maximum Gasteiger partial charge on any atom is 0.184 e. The number of nitrogens with zero attached hydrogens (tertiary/aromatic N) is 4. The highest BCUT2D eigenvalue weighted by atomic mass is 19.1. The highest BCUT2D eigenvalue weighted by Crippen LogP contribution is 2.23. The van der Waals surface area contributed by atoms with Crippen LogP contribution in [0.1, 0.15) is 5.56 Å². The maximum absolute atomic E-state index is 13.1. The van der Waals surface area contributed by atoms with Gasteiger partial charge in [-0.05, 0) is 46.3 Å². The summed E-state index contributed by atoms with van der Waals surface area (Å²) < 4.78 is 14.8. The first-order valence-electron chi connectivity index (χ1n) is 7.55. The van der Waals surface area contributed by atoms with E-state index < -0.39 is 0 Å². The van der Waals surface area contributed by atoms with Crippen molar-refractivity contribution < 1.29 is 4.39 Å². The zero-order valence-electron chi connectivity index (χ0n) is 12.7. The van der Waals surface area contributed by atoms with Gasteiger partial charge in [0.1, 0.15) is 5.82 Å². The van der Waals surface area contributed by atoms with Gasteiger partial charge in [-0.2, -0.15) is 4.52 Å². The number of para-hydroxylation sites is 1. The van der Waals surface area contributed by atoms with Crippen molar-refractivity contribution in [3.05, 3.63) is 78.2 Å². The van der Waals surface area contributed by atoms with Crippen molar-refractivity contribution in [2.75, 3.05) is 5.32 Å². The quantitative estimate of drug-likeness (QED) is 0.625. The smallest absolute Gasteiger partial charge is 0.184 e. The van der Waals surface area contributed by atoms with Gasteiger partial charge in [-0.15, -0.1) is 5.10 Å². The van der Waals surface area contributed by atoms with Crippen LogP contribution in [0.5, 0.6) is 0 Å². The van der Waals surface area contributed by atoms with Gasteiger partial charge in [0.15, 0.2) is 5.65 Å². The van der Waals surface area contributed by atoms with Crippen LogP contribution in [0.2, 0.25) is 0 Å². The number of benzene rings is 2. The van der Waals surface area contributed by atoms with Crippen LogP contribution in [0.4, 0.5) is 10.1 Å². The van der Waals surface area contributed by atoms with Crippen LogP contribution in [0, 0.1) is 5.82 Å². The van der Waals surface area contributed by atoms with Crippen molar-refractivity contribution in [3.8, 4) is 11.1 Å². The molecule has 0 saturated heterocycles. The first-order chi connectivity index (χ1) is 11.8. The van der Waals surface area contributed by atoms with E-state index in [2.05, 4.69) is 20.8 Å². The number of anilines is 1. The summed E-state index contributed by atoms with van der Waals surface area (Å²) in [6, 6.07) is 18.3. The fraction of sp³-hybridized carbons (Fsp3) is 0.0556. The summed E-state index contributed by atoms with van der Waals surface area (Å²) >= 11 is 0. The number of fused-ring (bicyclic) bond motifs is 1. The lowest BCUT2D eigenvalue weighted by Crippen LogP contribution is -2.03. The lowest BCUT2D eigenvalue weighted by Gasteiger charge is -2.09. The van der Waals surface area contributed by atoms with Gasteiger partial charge in [0.05, 0.1) is 0 Å². The molecule has 4 aromatic rings. The molecule has 2 heterocycles. The zero-order chi connectivity index (χ0) is 16.4. The second-order valence-electron chi connectivity index (χ2n) is 5.43. The highest BCUT2D eigenvalue weighted by molar-refractivity contribution is 5.67. The minimum absolute atomic E-state index is 0.256. The number of nitrogens with one attached hydrogen (secondary N) is 1. The van der Waals surface area contributed by atoms with Crippen molar-refractivity contribution in [2.24, 2.45) is 0 Å². The molecule has 0 saturated carbocycles. The number of hydrogen-bond acceptors (Lipinski definition) is 4. The Morgan fingerprint density at radius 1 is 0.958 bits per heavy atom. The lowest BCUT2D eigenvalue weighted by molar-refractivity contribution is 0.628. The summed E-state index contributed by atoms with van der Waals surface area (Å²) in [5.41, 5.74) is 4.53. The Bertz CT molecular complexity index is 964. The third-order valence-electron chi connectivity index (χ3n) is 3.81. The first-order valence-corrected chi connectivity index (χ1v) is 7.55. The SMILES string of the molecule is Fc1ccc(-c2cc(CNc3ccccc3)c3nnnn3c2)cc1. The highest BCUT2D eigenvalue weighted by Gasteiger charge is 2.09. The van der Waals surface area contributed by atoms with E-state index in [0.29, 0.717) is 12.2 Å². The number of pyridine rings is 1. The van der Waals surface area contributed by atoms with E-state index in [4.69, 9.17) is 0 Å². The number of rotatable bonds is 4. The zero-order valence-corrected chi connectivity index (χ0v) is 12.7. The van der Waals surface area contributed by atoms with Crippen LogP contribution in [-0.4, -0.2) is 20.0 Å². The molecule has 0 atom stereocenters. The molecule has 1 N–H and O–H groups in total. The van der Waals surface area contributed by atoms with Gasteiger partial charge >= 0.3 is 0 Å². The van der Waals surface area contributed by atoms with E-state index in [9.17, 15) is 4.39 Å². The third-order valence-corrected chi connectivity index (χ3v) is 3.81. The molecule has 4 rings (SSSR count). The van der Waals surface area contributed by atoms with E-state index in [-0.39, 0.29) is 5.82 Å². The van der Waals surface area contributed by atoms with Crippen LogP contribution in [0.3, 0.4) is 0 Å². The molecule has 6 heteroatoms. The van der Waals surface area contributed by atoms with Crippen molar-refractivity contribution >= 4 is 11.3 Å². The van der Waals surface area contributed by atoms with Crippen molar-refractivity contribution in [2.45, 2.75) is 6.54 Å². The van der Waals surface area contributed by atoms with Crippen molar-refractivity contribution in [1.82, 2.24) is 20.0 Å². The molecule has 0 radical (unpaired) electrons. The predicted molar refractivity (Wildman–Crippen MR) is 89.9 cm³/mol. The second-order valence-corrected chi connectivity index (χ2v) is 5.43. The van der Waals surface area contributed by atoms with Crippen LogP contribution >= 0.6 is 0 Å². The van der Waals surface area contributed by atoms with Gasteiger partial charge in [0.25, 0.3) is 0 Å². The summed E-state index contributed by atoms with van der Waals surface area (Å²) in [4.78, 5) is 0. The molecular formula is C18H14FN5. The summed E-state index contributed by atoms with van der Waals surface area (Å²) in [6.45, 7) is 0.586. The van der Waals surface area contributed by atoms with Gasteiger partial charge in [-0.3, -0.25) is 0 Å². The first kappa shape index (κ1) is 14.3. The standard InChI is InChI=1S/C18H14FN5/c19-16-8-6-13(7-9-16)15-10-14(18-21-22-23-24(18)12-15)11-20-17-4-2-1-3-5-17/h1-10,12,20H,11H2. The fourth-order valence-corrected chi connectivity index (χ4v) is 2.60. The molecule has 0 spiro atoms. The van der Waals surface area contributed by atoms with Crippen LogP contribution < -0.4 is 5.32 Å². The predicted octanol–water partition coefficient (Wildman–Crippen LogP) is 3.54. The molecule has 0 fully saturated rings. The van der Waals surface area contributed by atoms with E-state index in [0.717, 1.165) is 22.4 Å². The molecule has 118 valence electrons. The average molecular weight is 319 g/mol. The molecule has 0 amide bonds. The van der Waals surface area contributed by atoms with Gasteiger partial charge in [-0.25, -0.2) is 4.39 Å². The number of hydrogen-bond donors (Lipinski definition) is 1. The van der Waals surface area contributed by atoms with E-state index in [1.807, 2.05) is 42.6 Å². The van der Waals surface area contributed by atoms with Crippen LogP contribution in [0.15, 0.2) is 66.9 Å². The van der Waals surface area contributed by atoms with Gasteiger partial charge in [0, 0.05) is 29.6 Å². The van der Waals surface area contributed by atoms with Gasteiger partial charge in [0.2, 0.25) is 0 Å². The van der Waals surface area contributed by atoms with Gasteiger partial charge < -0.3 is 5.32 Å². The maximum atomic E-state index is 13.1. The molecule has 2 aromatic heterocycles. The summed E-state index contributed by atoms with van der Waals surface area (Å²) in [5.74, 6) is -0.256. The topological polar surface area (TPSA) is 55.1 Å². The Labute approximate surface area is 137 Å². The lowest BCUT2D eigenvalue weighted by atomic mass is 10.1. The van der Waals surface area contributed by atoms with Crippen molar-refractivity contribution in [3.63, 3.8) is 0 Å². The Kier molecular flexibility index (Phi) is 3.63. The fourth-order valence-electron chi connectivity index (χ4n) is 2.60. The molecule has 0 aliphatic heterocycles. The Morgan fingerprint density at radius 2 is 1.75 bits per heavy atom. The van der Waals surface area contributed by atoms with Crippen molar-refractivity contribution in [1.29, 1.82) is 0 Å². The molecule has 5 nitrogen and oxygen atoms in total. The molecule has 0 unspecified atom stereocenters. The molecule has 2 aromatic carbocycles. The molecular weight excluding hydrogens is 305 g/mol. The molecule has 0 aliphatic carbocycles. The number of tetrazole rings is 1. The number of halogens is 1. The Balaban J connectivity index is 1.71. The monoisotopic (exact) mass is 319 g/mol. The number of aromatic nitrogens is 4. The van der Waals surface area contributed by atoms with Gasteiger partial charge in [-0.1, -0.05) is 30.3 Å². The van der Waals surface area contributed by atoms with E-state index in [1.165, 1.54) is 12.1 Å².